The fraction of sp³-hybridized carbons (Fsp3) is 0.478. The van der Waals surface area contributed by atoms with Crippen LogP contribution >= 0.6 is 11.3 Å². The molecule has 142 valence electrons. The van der Waals surface area contributed by atoms with E-state index in [4.69, 9.17) is 9.73 Å². The molecule has 0 aliphatic heterocycles. The molecule has 0 saturated heterocycles. The van der Waals surface area contributed by atoms with E-state index < -0.39 is 0 Å². The summed E-state index contributed by atoms with van der Waals surface area (Å²) < 4.78 is 5.81. The van der Waals surface area contributed by atoms with Crippen LogP contribution in [0.3, 0.4) is 0 Å². The number of para-hydroxylation sites is 1. The molecule has 0 amide bonds. The maximum Gasteiger partial charge on any atom is 0.134 e. The predicted octanol–water partition coefficient (Wildman–Crippen LogP) is 6.31. The Morgan fingerprint density at radius 3 is 2.81 bits per heavy atom. The van der Waals surface area contributed by atoms with Crippen LogP contribution in [0, 0.1) is 22.7 Å². The SMILES string of the molecule is CCCOc1ccccc1C=Nc1sc2c(c1C#N)CC[C@@H](C(C)(C)C)C2. The van der Waals surface area contributed by atoms with Crippen molar-refractivity contribution in [2.75, 3.05) is 6.61 Å². The number of nitriles is 1. The molecule has 1 aromatic heterocycles. The smallest absolute Gasteiger partial charge is 0.134 e. The monoisotopic (exact) mass is 380 g/mol. The van der Waals surface area contributed by atoms with E-state index in [0.29, 0.717) is 17.9 Å². The third kappa shape index (κ3) is 4.42. The Hall–Kier alpha value is -2.12. The first kappa shape index (κ1) is 19.6. The molecule has 1 heterocycles. The number of rotatable bonds is 5. The van der Waals surface area contributed by atoms with E-state index in [1.807, 2.05) is 30.5 Å². The Bertz CT molecular complexity index is 867. The van der Waals surface area contributed by atoms with Gasteiger partial charge in [0.2, 0.25) is 0 Å². The van der Waals surface area contributed by atoms with Crippen molar-refractivity contribution in [2.45, 2.75) is 53.4 Å². The molecule has 0 radical (unpaired) electrons. The molecule has 1 aliphatic carbocycles. The number of fused-ring (bicyclic) bond motifs is 1. The number of hydrogen-bond donors (Lipinski definition) is 0. The van der Waals surface area contributed by atoms with Crippen molar-refractivity contribution in [3.63, 3.8) is 0 Å². The summed E-state index contributed by atoms with van der Waals surface area (Å²) in [6.07, 6.45) is 6.01. The fourth-order valence-electron chi connectivity index (χ4n) is 3.58. The van der Waals surface area contributed by atoms with E-state index >= 15 is 0 Å². The zero-order valence-corrected chi connectivity index (χ0v) is 17.5. The summed E-state index contributed by atoms with van der Waals surface area (Å²) >= 11 is 1.69. The lowest BCUT2D eigenvalue weighted by atomic mass is 9.72. The van der Waals surface area contributed by atoms with Crippen molar-refractivity contribution < 1.29 is 4.74 Å². The van der Waals surface area contributed by atoms with Crippen LogP contribution in [-0.4, -0.2) is 12.8 Å². The number of thiophene rings is 1. The topological polar surface area (TPSA) is 45.4 Å². The molecule has 2 aromatic rings. The lowest BCUT2D eigenvalue weighted by Crippen LogP contribution is -2.26. The first-order chi connectivity index (χ1) is 12.9. The van der Waals surface area contributed by atoms with Crippen LogP contribution < -0.4 is 4.74 Å². The van der Waals surface area contributed by atoms with Crippen molar-refractivity contribution >= 4 is 22.6 Å². The van der Waals surface area contributed by atoms with Gasteiger partial charge in [0, 0.05) is 16.7 Å². The molecule has 0 N–H and O–H groups in total. The van der Waals surface area contributed by atoms with Gasteiger partial charge in [0.1, 0.15) is 16.8 Å². The highest BCUT2D eigenvalue weighted by Crippen LogP contribution is 2.44. The molecule has 0 spiro atoms. The normalized spacial score (nSPS) is 16.9. The minimum Gasteiger partial charge on any atom is -0.493 e. The second kappa shape index (κ2) is 8.27. The third-order valence-electron chi connectivity index (χ3n) is 5.28. The van der Waals surface area contributed by atoms with Crippen molar-refractivity contribution in [3.05, 3.63) is 45.8 Å². The summed E-state index contributed by atoms with van der Waals surface area (Å²) in [4.78, 5) is 6.05. The summed E-state index contributed by atoms with van der Waals surface area (Å²) in [5.41, 5.74) is 3.25. The summed E-state index contributed by atoms with van der Waals surface area (Å²) in [7, 11) is 0. The van der Waals surface area contributed by atoms with Gasteiger partial charge in [0.15, 0.2) is 0 Å². The van der Waals surface area contributed by atoms with Gasteiger partial charge < -0.3 is 4.74 Å². The van der Waals surface area contributed by atoms with Crippen molar-refractivity contribution in [1.29, 1.82) is 5.26 Å². The van der Waals surface area contributed by atoms with Crippen LogP contribution in [0.5, 0.6) is 5.75 Å². The van der Waals surface area contributed by atoms with Crippen LogP contribution in [0.25, 0.3) is 0 Å². The average molecular weight is 381 g/mol. The molecule has 0 bridgehead atoms. The average Bonchev–Trinajstić information content (AvgIpc) is 3.01. The first-order valence-corrected chi connectivity index (χ1v) is 10.6. The maximum atomic E-state index is 9.72. The Morgan fingerprint density at radius 1 is 1.33 bits per heavy atom. The van der Waals surface area contributed by atoms with Crippen molar-refractivity contribution in [3.8, 4) is 11.8 Å². The van der Waals surface area contributed by atoms with Gasteiger partial charge in [0.05, 0.1) is 12.2 Å². The third-order valence-corrected chi connectivity index (χ3v) is 6.45. The number of hydrogen-bond acceptors (Lipinski definition) is 4. The van der Waals surface area contributed by atoms with E-state index in [0.717, 1.165) is 47.6 Å². The molecule has 3 nitrogen and oxygen atoms in total. The summed E-state index contributed by atoms with van der Waals surface area (Å²) in [5.74, 6) is 1.51. The minimum atomic E-state index is 0.299. The molecule has 3 rings (SSSR count). The second-order valence-corrected chi connectivity index (χ2v) is 9.33. The van der Waals surface area contributed by atoms with E-state index in [9.17, 15) is 5.26 Å². The van der Waals surface area contributed by atoms with Gasteiger partial charge >= 0.3 is 0 Å². The maximum absolute atomic E-state index is 9.72. The van der Waals surface area contributed by atoms with Gasteiger partial charge in [0.25, 0.3) is 0 Å². The zero-order chi connectivity index (χ0) is 19.4. The Kier molecular flexibility index (Phi) is 6.01. The Balaban J connectivity index is 1.88. The van der Waals surface area contributed by atoms with Gasteiger partial charge in [-0.25, -0.2) is 4.99 Å². The van der Waals surface area contributed by atoms with E-state index in [2.05, 4.69) is 33.8 Å². The standard InChI is InChI=1S/C23H28N2OS/c1-5-12-26-20-9-7-6-8-16(20)15-25-22-19(14-24)18-11-10-17(23(2,3)4)13-21(18)27-22/h6-9,15,17H,5,10-13H2,1-4H3/t17-/m1/s1. The molecule has 4 heteroatoms. The lowest BCUT2D eigenvalue weighted by molar-refractivity contribution is 0.218. The highest BCUT2D eigenvalue weighted by atomic mass is 32.1. The van der Waals surface area contributed by atoms with Crippen molar-refractivity contribution in [2.24, 2.45) is 16.3 Å². The van der Waals surface area contributed by atoms with Crippen LogP contribution in [0.2, 0.25) is 0 Å². The predicted molar refractivity (Wildman–Crippen MR) is 113 cm³/mol. The van der Waals surface area contributed by atoms with Gasteiger partial charge in [-0.1, -0.05) is 39.8 Å². The quantitative estimate of drug-likeness (QED) is 0.571. The molecular formula is C23H28N2OS. The first-order valence-electron chi connectivity index (χ1n) is 9.74. The Labute approximate surface area is 166 Å². The number of aliphatic imine (C=N–C) groups is 1. The van der Waals surface area contributed by atoms with E-state index in [1.54, 1.807) is 11.3 Å². The molecule has 1 atom stereocenters. The molecule has 0 fully saturated rings. The van der Waals surface area contributed by atoms with Gasteiger partial charge in [-0.15, -0.1) is 11.3 Å². The summed E-state index contributed by atoms with van der Waals surface area (Å²) in [6.45, 7) is 9.72. The summed E-state index contributed by atoms with van der Waals surface area (Å²) in [5, 5.41) is 10.6. The molecule has 1 aromatic carbocycles. The van der Waals surface area contributed by atoms with E-state index in [-0.39, 0.29) is 0 Å². The number of benzene rings is 1. The molecule has 1 aliphatic rings. The highest BCUT2D eigenvalue weighted by Gasteiger charge is 2.32. The fourth-order valence-corrected chi connectivity index (χ4v) is 4.80. The molecular weight excluding hydrogens is 352 g/mol. The highest BCUT2D eigenvalue weighted by molar-refractivity contribution is 7.16. The van der Waals surface area contributed by atoms with Gasteiger partial charge in [-0.05, 0) is 54.7 Å². The lowest BCUT2D eigenvalue weighted by Gasteiger charge is -2.33. The van der Waals surface area contributed by atoms with Gasteiger partial charge in [-0.3, -0.25) is 0 Å². The largest absolute Gasteiger partial charge is 0.493 e. The molecule has 0 saturated carbocycles. The zero-order valence-electron chi connectivity index (χ0n) is 16.7. The number of nitrogens with zero attached hydrogens (tertiary/aromatic N) is 2. The molecule has 27 heavy (non-hydrogen) atoms. The Morgan fingerprint density at radius 2 is 2.11 bits per heavy atom. The summed E-state index contributed by atoms with van der Waals surface area (Å²) in [6, 6.07) is 10.3. The number of ether oxygens (including phenoxy) is 1. The van der Waals surface area contributed by atoms with Crippen molar-refractivity contribution in [1.82, 2.24) is 0 Å². The van der Waals surface area contributed by atoms with Gasteiger partial charge in [-0.2, -0.15) is 5.26 Å². The van der Waals surface area contributed by atoms with Crippen LogP contribution in [0.1, 0.15) is 62.1 Å². The second-order valence-electron chi connectivity index (χ2n) is 8.25. The molecule has 0 unspecified atom stereocenters. The van der Waals surface area contributed by atoms with Crippen LogP contribution in [-0.2, 0) is 12.8 Å². The van der Waals surface area contributed by atoms with E-state index in [1.165, 1.54) is 10.4 Å². The van der Waals surface area contributed by atoms with Crippen LogP contribution in [0.15, 0.2) is 29.3 Å². The van der Waals surface area contributed by atoms with Crippen LogP contribution in [0.4, 0.5) is 5.00 Å². The minimum absolute atomic E-state index is 0.299.